The van der Waals surface area contributed by atoms with Crippen LogP contribution >= 0.6 is 11.6 Å². The Morgan fingerprint density at radius 2 is 1.63 bits per heavy atom. The van der Waals surface area contributed by atoms with Crippen LogP contribution in [-0.2, 0) is 4.74 Å². The van der Waals surface area contributed by atoms with Gasteiger partial charge in [-0.1, -0.05) is 11.6 Å². The van der Waals surface area contributed by atoms with Gasteiger partial charge in [-0.25, -0.2) is 14.8 Å². The molecule has 0 bridgehead atoms. The highest BCUT2D eigenvalue weighted by molar-refractivity contribution is 6.31. The molecule has 1 aromatic heterocycles. The zero-order valence-electron chi connectivity index (χ0n) is 10.1. The van der Waals surface area contributed by atoms with E-state index in [1.807, 2.05) is 0 Å². The number of hydrogen-bond acceptors (Lipinski definition) is 4. The van der Waals surface area contributed by atoms with Crippen LogP contribution in [0.4, 0.5) is 0 Å². The van der Waals surface area contributed by atoms with Crippen LogP contribution in [0.3, 0.4) is 0 Å². The summed E-state index contributed by atoms with van der Waals surface area (Å²) < 4.78 is 4.68. The monoisotopic (exact) mass is 272 g/mol. The molecule has 0 amide bonds. The smallest absolute Gasteiger partial charge is 0.337 e. The Labute approximate surface area is 114 Å². The second-order valence-corrected chi connectivity index (χ2v) is 4.49. The summed E-state index contributed by atoms with van der Waals surface area (Å²) >= 11 is 5.93. The first-order valence-electron chi connectivity index (χ1n) is 5.63. The van der Waals surface area contributed by atoms with Gasteiger partial charge < -0.3 is 4.74 Å². The number of benzene rings is 2. The molecule has 3 aromatic rings. The zero-order valence-corrected chi connectivity index (χ0v) is 10.8. The predicted octanol–water partition coefficient (Wildman–Crippen LogP) is 3.22. The summed E-state index contributed by atoms with van der Waals surface area (Å²) in [5.74, 6) is -0.389. The minimum atomic E-state index is -0.389. The Hall–Kier alpha value is -2.20. The Bertz CT molecular complexity index is 802. The Kier molecular flexibility index (Phi) is 2.80. The molecule has 3 rings (SSSR count). The lowest BCUT2D eigenvalue weighted by atomic mass is 10.2. The quantitative estimate of drug-likeness (QED) is 0.504. The minimum absolute atomic E-state index is 0.389. The number of aromatic nitrogens is 2. The normalized spacial score (nSPS) is 10.8. The molecule has 94 valence electrons. The summed E-state index contributed by atoms with van der Waals surface area (Å²) in [6.07, 6.45) is 0. The van der Waals surface area contributed by atoms with Crippen LogP contribution in [0, 0.1) is 0 Å². The molecule has 0 saturated carbocycles. The van der Waals surface area contributed by atoms with Crippen molar-refractivity contribution in [1.29, 1.82) is 0 Å². The highest BCUT2D eigenvalue weighted by Crippen LogP contribution is 2.20. The number of fused-ring (bicyclic) bond motifs is 2. The lowest BCUT2D eigenvalue weighted by molar-refractivity contribution is 0.0601. The van der Waals surface area contributed by atoms with E-state index in [4.69, 9.17) is 11.6 Å². The van der Waals surface area contributed by atoms with E-state index in [1.54, 1.807) is 36.4 Å². The fourth-order valence-corrected chi connectivity index (χ4v) is 2.06. The Balaban J connectivity index is 2.26. The molecule has 0 saturated heterocycles. The van der Waals surface area contributed by atoms with Crippen LogP contribution < -0.4 is 0 Å². The molecule has 0 N–H and O–H groups in total. The Morgan fingerprint density at radius 1 is 1.00 bits per heavy atom. The van der Waals surface area contributed by atoms with E-state index in [2.05, 4.69) is 14.7 Å². The lowest BCUT2D eigenvalue weighted by Gasteiger charge is -2.03. The number of carbonyl (C=O) groups excluding carboxylic acids is 1. The Morgan fingerprint density at radius 3 is 2.32 bits per heavy atom. The van der Waals surface area contributed by atoms with E-state index < -0.39 is 0 Å². The number of halogens is 1. The summed E-state index contributed by atoms with van der Waals surface area (Å²) in [6.45, 7) is 0. The first kappa shape index (κ1) is 11.9. The van der Waals surface area contributed by atoms with Gasteiger partial charge in [0.15, 0.2) is 0 Å². The maximum Gasteiger partial charge on any atom is 0.337 e. The van der Waals surface area contributed by atoms with Gasteiger partial charge in [0.2, 0.25) is 0 Å². The van der Waals surface area contributed by atoms with Crippen molar-refractivity contribution < 1.29 is 9.53 Å². The summed E-state index contributed by atoms with van der Waals surface area (Å²) in [6, 6.07) is 10.4. The fourth-order valence-electron chi connectivity index (χ4n) is 1.89. The van der Waals surface area contributed by atoms with Gasteiger partial charge in [0.1, 0.15) is 0 Å². The van der Waals surface area contributed by atoms with Gasteiger partial charge in [0.05, 0.1) is 34.7 Å². The topological polar surface area (TPSA) is 52.1 Å². The van der Waals surface area contributed by atoms with Crippen molar-refractivity contribution in [2.75, 3.05) is 7.11 Å². The highest BCUT2D eigenvalue weighted by Gasteiger charge is 2.08. The number of esters is 1. The molecular formula is C14H9ClN2O2. The van der Waals surface area contributed by atoms with Gasteiger partial charge in [-0.2, -0.15) is 0 Å². The van der Waals surface area contributed by atoms with E-state index in [1.165, 1.54) is 7.11 Å². The molecule has 0 aliphatic heterocycles. The molecule has 4 nitrogen and oxygen atoms in total. The minimum Gasteiger partial charge on any atom is -0.465 e. The standard InChI is InChI=1S/C14H9ClN2O2/c1-19-14(18)8-2-4-10-12(6-8)16-11-5-3-9(15)7-13(11)17-10/h2-7H,1H3. The first-order valence-corrected chi connectivity index (χ1v) is 6.00. The second-order valence-electron chi connectivity index (χ2n) is 4.05. The molecule has 0 atom stereocenters. The average molecular weight is 273 g/mol. The van der Waals surface area contributed by atoms with E-state index in [0.717, 1.165) is 11.0 Å². The molecule has 0 unspecified atom stereocenters. The summed E-state index contributed by atoms with van der Waals surface area (Å²) in [5.41, 5.74) is 3.28. The van der Waals surface area contributed by atoms with E-state index >= 15 is 0 Å². The summed E-state index contributed by atoms with van der Waals surface area (Å²) in [7, 11) is 1.35. The van der Waals surface area contributed by atoms with Crippen molar-refractivity contribution >= 4 is 39.6 Å². The van der Waals surface area contributed by atoms with E-state index in [9.17, 15) is 4.79 Å². The van der Waals surface area contributed by atoms with Gasteiger partial charge in [-0.3, -0.25) is 0 Å². The second kappa shape index (κ2) is 4.48. The van der Waals surface area contributed by atoms with Gasteiger partial charge in [-0.05, 0) is 36.4 Å². The number of nitrogens with zero attached hydrogens (tertiary/aromatic N) is 2. The molecule has 1 heterocycles. The largest absolute Gasteiger partial charge is 0.465 e. The third-order valence-corrected chi connectivity index (χ3v) is 3.05. The van der Waals surface area contributed by atoms with Crippen molar-refractivity contribution in [2.45, 2.75) is 0 Å². The van der Waals surface area contributed by atoms with Gasteiger partial charge in [0, 0.05) is 5.02 Å². The highest BCUT2D eigenvalue weighted by atomic mass is 35.5. The summed E-state index contributed by atoms with van der Waals surface area (Å²) in [5, 5.41) is 0.618. The molecule has 2 aromatic carbocycles. The van der Waals surface area contributed by atoms with Crippen molar-refractivity contribution in [1.82, 2.24) is 9.97 Å². The number of hydrogen-bond donors (Lipinski definition) is 0. The van der Waals surface area contributed by atoms with Crippen LogP contribution in [0.5, 0.6) is 0 Å². The lowest BCUT2D eigenvalue weighted by Crippen LogP contribution is -2.01. The molecule has 0 fully saturated rings. The molecule has 19 heavy (non-hydrogen) atoms. The van der Waals surface area contributed by atoms with E-state index in [-0.39, 0.29) is 5.97 Å². The number of rotatable bonds is 1. The zero-order chi connectivity index (χ0) is 13.4. The van der Waals surface area contributed by atoms with Crippen LogP contribution in [0.15, 0.2) is 36.4 Å². The van der Waals surface area contributed by atoms with Crippen molar-refractivity contribution in [2.24, 2.45) is 0 Å². The summed E-state index contributed by atoms with van der Waals surface area (Å²) in [4.78, 5) is 20.4. The third-order valence-electron chi connectivity index (χ3n) is 2.82. The first-order chi connectivity index (χ1) is 9.17. The maximum atomic E-state index is 11.5. The van der Waals surface area contributed by atoms with Gasteiger partial charge >= 0.3 is 5.97 Å². The predicted molar refractivity (Wildman–Crippen MR) is 73.4 cm³/mol. The number of carbonyl (C=O) groups is 1. The van der Waals surface area contributed by atoms with Crippen LogP contribution in [0.2, 0.25) is 5.02 Å². The molecule has 0 radical (unpaired) electrons. The van der Waals surface area contributed by atoms with Crippen molar-refractivity contribution in [3.05, 3.63) is 47.0 Å². The van der Waals surface area contributed by atoms with Crippen LogP contribution in [-0.4, -0.2) is 23.0 Å². The number of ether oxygens (including phenoxy) is 1. The van der Waals surface area contributed by atoms with Crippen LogP contribution in [0.25, 0.3) is 22.1 Å². The molecule has 0 aliphatic carbocycles. The molecule has 0 aliphatic rings. The van der Waals surface area contributed by atoms with Gasteiger partial charge in [0.25, 0.3) is 0 Å². The average Bonchev–Trinajstić information content (AvgIpc) is 2.43. The number of methoxy groups -OCH3 is 1. The molecular weight excluding hydrogens is 264 g/mol. The van der Waals surface area contributed by atoms with E-state index in [0.29, 0.717) is 21.6 Å². The van der Waals surface area contributed by atoms with Gasteiger partial charge in [-0.15, -0.1) is 0 Å². The van der Waals surface area contributed by atoms with Crippen LogP contribution in [0.1, 0.15) is 10.4 Å². The SMILES string of the molecule is COC(=O)c1ccc2nc3cc(Cl)ccc3nc2c1. The fraction of sp³-hybridized carbons (Fsp3) is 0.0714. The molecule has 0 spiro atoms. The van der Waals surface area contributed by atoms with Crippen molar-refractivity contribution in [3.8, 4) is 0 Å². The molecule has 5 heteroatoms. The third kappa shape index (κ3) is 2.11. The van der Waals surface area contributed by atoms with Crippen molar-refractivity contribution in [3.63, 3.8) is 0 Å². The maximum absolute atomic E-state index is 11.5.